The number of aryl methyl sites for hydroxylation is 2. The first kappa shape index (κ1) is 22.3. The monoisotopic (exact) mass is 455 g/mol. The van der Waals surface area contributed by atoms with Gasteiger partial charge in [0.1, 0.15) is 5.70 Å². The predicted octanol–water partition coefficient (Wildman–Crippen LogP) is 3.98. The Hall–Kier alpha value is -3.48. The maximum atomic E-state index is 13.6. The zero-order valence-electron chi connectivity index (χ0n) is 19.6. The Morgan fingerprint density at radius 1 is 0.853 bits per heavy atom. The summed E-state index contributed by atoms with van der Waals surface area (Å²) in [5.41, 5.74) is 4.58. The van der Waals surface area contributed by atoms with Gasteiger partial charge in [-0.15, -0.1) is 0 Å². The fraction of sp³-hybridized carbons (Fsp3) is 0.286. The highest BCUT2D eigenvalue weighted by Gasteiger charge is 2.39. The van der Waals surface area contributed by atoms with Crippen LogP contribution in [0.15, 0.2) is 66.4 Å². The van der Waals surface area contributed by atoms with Gasteiger partial charge in [-0.1, -0.05) is 54.6 Å². The van der Waals surface area contributed by atoms with Crippen molar-refractivity contribution in [3.05, 3.63) is 83.1 Å². The molecule has 1 fully saturated rings. The summed E-state index contributed by atoms with van der Waals surface area (Å²) in [6, 6.07) is 19.9. The number of rotatable bonds is 6. The molecule has 1 saturated heterocycles. The van der Waals surface area contributed by atoms with Crippen LogP contribution in [0.5, 0.6) is 0 Å². The van der Waals surface area contributed by atoms with Crippen LogP contribution in [-0.2, 0) is 14.3 Å². The third-order valence-corrected chi connectivity index (χ3v) is 6.76. The largest absolute Gasteiger partial charge is 0.379 e. The van der Waals surface area contributed by atoms with Crippen molar-refractivity contribution in [2.24, 2.45) is 0 Å². The molecule has 2 aliphatic rings. The van der Waals surface area contributed by atoms with Crippen LogP contribution in [0.25, 0.3) is 16.3 Å². The molecule has 2 heterocycles. The number of hydrogen-bond acceptors (Lipinski definition) is 5. The standard InChI is InChI=1S/C28H29N3O3/c1-19-10-11-22(18-20(19)2)25-26(29-24-9-5-7-21-6-3-4-8-23(21)24)28(33)31(27(25)32)13-12-30-14-16-34-17-15-30/h3-11,18,29H,12-17H2,1-2H3. The van der Waals surface area contributed by atoms with Crippen molar-refractivity contribution in [3.8, 4) is 0 Å². The molecule has 3 aromatic rings. The Morgan fingerprint density at radius 3 is 2.41 bits per heavy atom. The van der Waals surface area contributed by atoms with E-state index in [1.807, 2.05) is 74.5 Å². The van der Waals surface area contributed by atoms with Crippen molar-refractivity contribution in [1.82, 2.24) is 9.80 Å². The lowest BCUT2D eigenvalue weighted by Crippen LogP contribution is -2.43. The van der Waals surface area contributed by atoms with Crippen LogP contribution in [0.1, 0.15) is 16.7 Å². The third kappa shape index (κ3) is 4.22. The molecule has 6 nitrogen and oxygen atoms in total. The number of amides is 2. The van der Waals surface area contributed by atoms with E-state index in [1.165, 1.54) is 4.90 Å². The summed E-state index contributed by atoms with van der Waals surface area (Å²) < 4.78 is 5.42. The molecular formula is C28H29N3O3. The summed E-state index contributed by atoms with van der Waals surface area (Å²) in [7, 11) is 0. The van der Waals surface area contributed by atoms with E-state index in [1.54, 1.807) is 0 Å². The minimum atomic E-state index is -0.278. The van der Waals surface area contributed by atoms with Crippen LogP contribution in [0.3, 0.4) is 0 Å². The number of nitrogens with one attached hydrogen (secondary N) is 1. The van der Waals surface area contributed by atoms with E-state index in [0.717, 1.165) is 46.2 Å². The molecule has 1 N–H and O–H groups in total. The van der Waals surface area contributed by atoms with Crippen molar-refractivity contribution in [1.29, 1.82) is 0 Å². The van der Waals surface area contributed by atoms with Gasteiger partial charge in [0.2, 0.25) is 0 Å². The molecule has 6 heteroatoms. The van der Waals surface area contributed by atoms with E-state index >= 15 is 0 Å². The number of fused-ring (bicyclic) bond motifs is 1. The fourth-order valence-electron chi connectivity index (χ4n) is 4.60. The lowest BCUT2D eigenvalue weighted by molar-refractivity contribution is -0.137. The minimum absolute atomic E-state index is 0.246. The Kier molecular flexibility index (Phi) is 6.18. The predicted molar refractivity (Wildman–Crippen MR) is 134 cm³/mol. The molecule has 0 spiro atoms. The first-order valence-electron chi connectivity index (χ1n) is 11.8. The van der Waals surface area contributed by atoms with Gasteiger partial charge in [0, 0.05) is 37.3 Å². The fourth-order valence-corrected chi connectivity index (χ4v) is 4.60. The number of benzene rings is 3. The Morgan fingerprint density at radius 2 is 1.62 bits per heavy atom. The van der Waals surface area contributed by atoms with Gasteiger partial charge in [-0.05, 0) is 42.0 Å². The Bertz CT molecular complexity index is 1290. The molecule has 0 radical (unpaired) electrons. The SMILES string of the molecule is Cc1ccc(C2=C(Nc3cccc4ccccc34)C(=O)N(CCN3CCOCC3)C2=O)cc1C. The zero-order chi connectivity index (χ0) is 23.7. The van der Waals surface area contributed by atoms with Crippen LogP contribution < -0.4 is 5.32 Å². The minimum Gasteiger partial charge on any atom is -0.379 e. The molecule has 0 atom stereocenters. The molecule has 0 aromatic heterocycles. The highest BCUT2D eigenvalue weighted by Crippen LogP contribution is 2.33. The molecule has 3 aromatic carbocycles. The normalized spacial score (nSPS) is 17.2. The molecule has 5 rings (SSSR count). The van der Waals surface area contributed by atoms with Crippen LogP contribution in [0.4, 0.5) is 5.69 Å². The second kappa shape index (κ2) is 9.41. The summed E-state index contributed by atoms with van der Waals surface area (Å²) in [5.74, 6) is -0.524. The number of nitrogens with zero attached hydrogens (tertiary/aromatic N) is 2. The van der Waals surface area contributed by atoms with E-state index < -0.39 is 0 Å². The molecule has 34 heavy (non-hydrogen) atoms. The number of morpholine rings is 1. The van der Waals surface area contributed by atoms with Gasteiger partial charge in [0.15, 0.2) is 0 Å². The Balaban J connectivity index is 1.52. The van der Waals surface area contributed by atoms with Gasteiger partial charge in [0.25, 0.3) is 11.8 Å². The van der Waals surface area contributed by atoms with Crippen LogP contribution >= 0.6 is 0 Å². The van der Waals surface area contributed by atoms with E-state index in [2.05, 4.69) is 10.2 Å². The van der Waals surface area contributed by atoms with Crippen molar-refractivity contribution < 1.29 is 14.3 Å². The molecule has 0 bridgehead atoms. The van der Waals surface area contributed by atoms with E-state index in [0.29, 0.717) is 37.6 Å². The van der Waals surface area contributed by atoms with Gasteiger partial charge in [-0.3, -0.25) is 19.4 Å². The average molecular weight is 456 g/mol. The maximum Gasteiger partial charge on any atom is 0.278 e. The highest BCUT2D eigenvalue weighted by atomic mass is 16.5. The number of hydrogen-bond donors (Lipinski definition) is 1. The number of carbonyl (C=O) groups is 2. The first-order chi connectivity index (χ1) is 16.5. The van der Waals surface area contributed by atoms with Crippen molar-refractivity contribution in [3.63, 3.8) is 0 Å². The summed E-state index contributed by atoms with van der Waals surface area (Å²) in [6.45, 7) is 8.05. The number of imide groups is 1. The molecule has 0 saturated carbocycles. The molecule has 2 aliphatic heterocycles. The van der Waals surface area contributed by atoms with E-state index in [9.17, 15) is 9.59 Å². The lowest BCUT2D eigenvalue weighted by Gasteiger charge is -2.28. The molecule has 174 valence electrons. The number of carbonyl (C=O) groups excluding carboxylic acids is 2. The van der Waals surface area contributed by atoms with Crippen LogP contribution in [0.2, 0.25) is 0 Å². The molecular weight excluding hydrogens is 426 g/mol. The van der Waals surface area contributed by atoms with E-state index in [4.69, 9.17) is 4.74 Å². The number of ether oxygens (including phenoxy) is 1. The quantitative estimate of drug-likeness (QED) is 0.570. The molecule has 2 amide bonds. The van der Waals surface area contributed by atoms with Gasteiger partial charge in [-0.25, -0.2) is 0 Å². The van der Waals surface area contributed by atoms with Gasteiger partial charge < -0.3 is 10.1 Å². The summed E-state index contributed by atoms with van der Waals surface area (Å²) in [4.78, 5) is 30.8. The summed E-state index contributed by atoms with van der Waals surface area (Å²) >= 11 is 0. The highest BCUT2D eigenvalue weighted by molar-refractivity contribution is 6.36. The van der Waals surface area contributed by atoms with Crippen molar-refractivity contribution >= 4 is 33.8 Å². The van der Waals surface area contributed by atoms with Gasteiger partial charge in [-0.2, -0.15) is 0 Å². The van der Waals surface area contributed by atoms with Crippen molar-refractivity contribution in [2.45, 2.75) is 13.8 Å². The smallest absolute Gasteiger partial charge is 0.278 e. The van der Waals surface area contributed by atoms with Crippen LogP contribution in [-0.4, -0.2) is 61.0 Å². The van der Waals surface area contributed by atoms with Crippen molar-refractivity contribution in [2.75, 3.05) is 44.7 Å². The second-order valence-corrected chi connectivity index (χ2v) is 8.92. The summed E-state index contributed by atoms with van der Waals surface area (Å²) in [6.07, 6.45) is 0. The maximum absolute atomic E-state index is 13.6. The summed E-state index contributed by atoms with van der Waals surface area (Å²) in [5, 5.41) is 5.42. The number of anilines is 1. The third-order valence-electron chi connectivity index (χ3n) is 6.76. The Labute approximate surface area is 199 Å². The van der Waals surface area contributed by atoms with Gasteiger partial charge in [0.05, 0.1) is 18.8 Å². The van der Waals surface area contributed by atoms with Crippen LogP contribution in [0, 0.1) is 13.8 Å². The first-order valence-corrected chi connectivity index (χ1v) is 11.8. The topological polar surface area (TPSA) is 61.9 Å². The molecule has 0 aliphatic carbocycles. The zero-order valence-corrected chi connectivity index (χ0v) is 19.6. The van der Waals surface area contributed by atoms with Gasteiger partial charge >= 0.3 is 0 Å². The second-order valence-electron chi connectivity index (χ2n) is 8.92. The lowest BCUT2D eigenvalue weighted by atomic mass is 9.99. The average Bonchev–Trinajstić information content (AvgIpc) is 3.09. The van der Waals surface area contributed by atoms with E-state index in [-0.39, 0.29) is 11.8 Å². The molecule has 0 unspecified atom stereocenters.